The lowest BCUT2D eigenvalue weighted by molar-refractivity contribution is -0.0398. The fourth-order valence-corrected chi connectivity index (χ4v) is 2.71. The number of halogens is 2. The molecule has 2 rings (SSSR count). The normalized spacial score (nSPS) is 27.3. The highest BCUT2D eigenvalue weighted by Crippen LogP contribution is 2.50. The molecular weight excluding hydrogens is 242 g/mol. The third-order valence-corrected chi connectivity index (χ3v) is 4.15. The van der Waals surface area contributed by atoms with Crippen LogP contribution in [0.2, 0.25) is 0 Å². The number of aliphatic imine (C=N–C) groups is 1. The molecule has 0 amide bonds. The van der Waals surface area contributed by atoms with Crippen LogP contribution in [0.4, 0.5) is 8.78 Å². The van der Waals surface area contributed by atoms with E-state index in [0.717, 1.165) is 5.56 Å². The van der Waals surface area contributed by atoms with Gasteiger partial charge in [0.15, 0.2) is 5.66 Å². The first-order valence-corrected chi connectivity index (χ1v) is 6.08. The van der Waals surface area contributed by atoms with Crippen LogP contribution in [-0.4, -0.2) is 35.0 Å². The molecule has 1 atom stereocenters. The molecule has 0 bridgehead atoms. The number of benzene rings is 1. The number of alkyl halides is 2. The average molecular weight is 256 g/mol. The van der Waals surface area contributed by atoms with Crippen molar-refractivity contribution in [2.24, 2.45) is 4.99 Å². The Hall–Kier alpha value is -0.940. The van der Waals surface area contributed by atoms with Gasteiger partial charge in [0.25, 0.3) is 0 Å². The fraction of sp³-hybridized carbons (Fsp3) is 0.417. The summed E-state index contributed by atoms with van der Waals surface area (Å²) in [6.45, 7) is 1.45. The Morgan fingerprint density at radius 2 is 1.76 bits per heavy atom. The highest BCUT2D eigenvalue weighted by Gasteiger charge is 2.58. The molecule has 2 nitrogen and oxygen atoms in total. The molecule has 1 unspecified atom stereocenters. The summed E-state index contributed by atoms with van der Waals surface area (Å²) in [5.41, 5.74) is -0.745. The molecule has 1 aliphatic rings. The van der Waals surface area contributed by atoms with E-state index >= 15 is 0 Å². The Morgan fingerprint density at radius 1 is 1.18 bits per heavy atom. The van der Waals surface area contributed by atoms with Gasteiger partial charge in [0.2, 0.25) is 0 Å². The molecule has 92 valence electrons. The smallest absolute Gasteiger partial charge is 0.280 e. The van der Waals surface area contributed by atoms with Gasteiger partial charge in [-0.25, -0.2) is 4.99 Å². The number of thioether (sulfide) groups is 1. The van der Waals surface area contributed by atoms with Crippen molar-refractivity contribution in [3.05, 3.63) is 35.9 Å². The van der Waals surface area contributed by atoms with Gasteiger partial charge < -0.3 is 0 Å². The molecule has 0 saturated carbocycles. The lowest BCUT2D eigenvalue weighted by Crippen LogP contribution is -2.50. The number of hydrogen-bond acceptors (Lipinski definition) is 3. The Balaban J connectivity index is 2.42. The van der Waals surface area contributed by atoms with E-state index in [-0.39, 0.29) is 0 Å². The maximum Gasteiger partial charge on any atom is 0.337 e. The van der Waals surface area contributed by atoms with E-state index < -0.39 is 10.9 Å². The van der Waals surface area contributed by atoms with Crippen LogP contribution in [0, 0.1) is 0 Å². The monoisotopic (exact) mass is 256 g/mol. The SMILES string of the molecule is CN(C)C1(C)N=C(c2ccccc2)SC1(F)F. The van der Waals surface area contributed by atoms with Gasteiger partial charge in [0, 0.05) is 5.56 Å². The van der Waals surface area contributed by atoms with Crippen molar-refractivity contribution in [1.82, 2.24) is 4.90 Å². The van der Waals surface area contributed by atoms with Crippen LogP contribution < -0.4 is 0 Å². The first-order valence-electron chi connectivity index (χ1n) is 5.26. The van der Waals surface area contributed by atoms with Crippen LogP contribution in [0.25, 0.3) is 0 Å². The molecule has 1 aliphatic heterocycles. The summed E-state index contributed by atoms with van der Waals surface area (Å²) in [5.74, 6) is 0. The molecule has 0 aromatic heterocycles. The first-order chi connectivity index (χ1) is 7.87. The van der Waals surface area contributed by atoms with Gasteiger partial charge in [-0.05, 0) is 32.8 Å². The van der Waals surface area contributed by atoms with Crippen molar-refractivity contribution in [1.29, 1.82) is 0 Å². The molecule has 1 heterocycles. The van der Waals surface area contributed by atoms with E-state index in [4.69, 9.17) is 0 Å². The maximum atomic E-state index is 14.0. The lowest BCUT2D eigenvalue weighted by atomic mass is 10.2. The van der Waals surface area contributed by atoms with Crippen molar-refractivity contribution in [3.8, 4) is 0 Å². The van der Waals surface area contributed by atoms with Gasteiger partial charge in [0.05, 0.1) is 0 Å². The van der Waals surface area contributed by atoms with Crippen LogP contribution >= 0.6 is 11.8 Å². The van der Waals surface area contributed by atoms with Gasteiger partial charge >= 0.3 is 5.25 Å². The molecule has 1 aromatic rings. The van der Waals surface area contributed by atoms with Crippen molar-refractivity contribution in [2.75, 3.05) is 14.1 Å². The lowest BCUT2D eigenvalue weighted by Gasteiger charge is -2.33. The zero-order chi connectivity index (χ0) is 12.7. The summed E-state index contributed by atoms with van der Waals surface area (Å²) < 4.78 is 28.0. The Kier molecular flexibility index (Phi) is 2.99. The van der Waals surface area contributed by atoms with Gasteiger partial charge in [-0.3, -0.25) is 4.90 Å². The van der Waals surface area contributed by atoms with Crippen LogP contribution in [0.15, 0.2) is 35.3 Å². The second kappa shape index (κ2) is 4.07. The van der Waals surface area contributed by atoms with Crippen molar-refractivity contribution in [3.63, 3.8) is 0 Å². The third-order valence-electron chi connectivity index (χ3n) is 2.99. The van der Waals surface area contributed by atoms with Crippen LogP contribution in [0.1, 0.15) is 12.5 Å². The van der Waals surface area contributed by atoms with E-state index in [1.807, 2.05) is 18.2 Å². The van der Waals surface area contributed by atoms with Crippen LogP contribution in [-0.2, 0) is 0 Å². The molecule has 0 aliphatic carbocycles. The standard InChI is InChI=1S/C12H14F2N2S/c1-11(16(2)3)12(13,14)17-10(15-11)9-7-5-4-6-8-9/h4-8H,1-3H3. The van der Waals surface area contributed by atoms with Crippen LogP contribution in [0.5, 0.6) is 0 Å². The summed E-state index contributed by atoms with van der Waals surface area (Å²) in [7, 11) is 3.23. The quantitative estimate of drug-likeness (QED) is 0.808. The highest BCUT2D eigenvalue weighted by atomic mass is 32.2. The largest absolute Gasteiger partial charge is 0.337 e. The van der Waals surface area contributed by atoms with Gasteiger partial charge in [0.1, 0.15) is 5.04 Å². The molecule has 5 heteroatoms. The molecule has 17 heavy (non-hydrogen) atoms. The van der Waals surface area contributed by atoms with E-state index in [0.29, 0.717) is 16.8 Å². The summed E-state index contributed by atoms with van der Waals surface area (Å²) >= 11 is 0.531. The van der Waals surface area contributed by atoms with E-state index in [2.05, 4.69) is 4.99 Å². The second-order valence-corrected chi connectivity index (χ2v) is 5.42. The van der Waals surface area contributed by atoms with Gasteiger partial charge in [-0.15, -0.1) is 0 Å². The molecule has 0 spiro atoms. The highest BCUT2D eigenvalue weighted by molar-refractivity contribution is 8.15. The van der Waals surface area contributed by atoms with Crippen molar-refractivity contribution in [2.45, 2.75) is 17.8 Å². The molecule has 0 radical (unpaired) electrons. The molecule has 0 saturated heterocycles. The minimum atomic E-state index is -2.92. The predicted molar refractivity (Wildman–Crippen MR) is 67.6 cm³/mol. The van der Waals surface area contributed by atoms with Crippen molar-refractivity contribution >= 4 is 16.8 Å². The first kappa shape index (κ1) is 12.5. The third kappa shape index (κ3) is 1.98. The van der Waals surface area contributed by atoms with Gasteiger partial charge in [-0.2, -0.15) is 8.78 Å². The van der Waals surface area contributed by atoms with Crippen molar-refractivity contribution < 1.29 is 8.78 Å². The second-order valence-electron chi connectivity index (χ2n) is 4.32. The summed E-state index contributed by atoms with van der Waals surface area (Å²) in [4.78, 5) is 5.65. The zero-order valence-electron chi connectivity index (χ0n) is 9.95. The minimum Gasteiger partial charge on any atom is -0.280 e. The summed E-state index contributed by atoms with van der Waals surface area (Å²) in [6, 6.07) is 9.09. The molecule has 0 fully saturated rings. The summed E-state index contributed by atoms with van der Waals surface area (Å²) in [6.07, 6.45) is 0. The molecule has 0 N–H and O–H groups in total. The number of rotatable bonds is 2. The fourth-order valence-electron chi connectivity index (χ4n) is 1.57. The Morgan fingerprint density at radius 3 is 2.24 bits per heavy atom. The number of hydrogen-bond donors (Lipinski definition) is 0. The molecule has 1 aromatic carbocycles. The topological polar surface area (TPSA) is 15.6 Å². The Bertz CT molecular complexity index is 445. The van der Waals surface area contributed by atoms with Gasteiger partial charge in [-0.1, -0.05) is 30.3 Å². The van der Waals surface area contributed by atoms with E-state index in [1.165, 1.54) is 11.8 Å². The predicted octanol–water partition coefficient (Wildman–Crippen LogP) is 3.05. The zero-order valence-corrected chi connectivity index (χ0v) is 10.8. The molecular formula is C12H14F2N2S. The maximum absolute atomic E-state index is 14.0. The summed E-state index contributed by atoms with van der Waals surface area (Å²) in [5, 5.41) is -2.52. The van der Waals surface area contributed by atoms with E-state index in [9.17, 15) is 8.78 Å². The van der Waals surface area contributed by atoms with E-state index in [1.54, 1.807) is 26.2 Å². The minimum absolute atomic E-state index is 0.395. The Labute approximate surface area is 104 Å². The average Bonchev–Trinajstić information content (AvgIpc) is 2.52. The van der Waals surface area contributed by atoms with Crippen LogP contribution in [0.3, 0.4) is 0 Å². The number of nitrogens with zero attached hydrogens (tertiary/aromatic N) is 2.